The molecule has 3 aliphatic rings. The standard InChI is InChI=1S/C25H32ClN7O2/c1-15-22(23-19(12-27)21(28)5-4-20(23)26)24(31-8-6-30(7-9-31)17(3)35)29-33(15)18-10-25(11-18)13-32(14-34)16(25)2/h4-5,12,14,16,18,27H,6-11,13,28H2,1-3H3. The Balaban J connectivity index is 1.54. The first-order valence-electron chi connectivity index (χ1n) is 12.1. The van der Waals surface area contributed by atoms with E-state index in [0.29, 0.717) is 42.5 Å². The Morgan fingerprint density at radius 2 is 1.91 bits per heavy atom. The number of benzene rings is 1. The summed E-state index contributed by atoms with van der Waals surface area (Å²) in [5.74, 6) is 0.897. The van der Waals surface area contributed by atoms with Crippen LogP contribution >= 0.6 is 11.6 Å². The Bertz CT molecular complexity index is 1190. The Morgan fingerprint density at radius 3 is 2.49 bits per heavy atom. The van der Waals surface area contributed by atoms with Gasteiger partial charge in [0.05, 0.1) is 6.04 Å². The lowest BCUT2D eigenvalue weighted by atomic mass is 9.56. The van der Waals surface area contributed by atoms with Gasteiger partial charge >= 0.3 is 0 Å². The van der Waals surface area contributed by atoms with Crippen molar-refractivity contribution >= 4 is 41.6 Å². The van der Waals surface area contributed by atoms with Crippen LogP contribution in [0.2, 0.25) is 5.02 Å². The van der Waals surface area contributed by atoms with E-state index in [1.54, 1.807) is 19.1 Å². The van der Waals surface area contributed by atoms with Gasteiger partial charge in [-0.1, -0.05) is 11.6 Å². The van der Waals surface area contributed by atoms with Crippen LogP contribution in [0.25, 0.3) is 11.1 Å². The summed E-state index contributed by atoms with van der Waals surface area (Å²) in [5, 5.41) is 13.7. The van der Waals surface area contributed by atoms with Crippen LogP contribution in [-0.2, 0) is 9.59 Å². The van der Waals surface area contributed by atoms with E-state index in [1.165, 1.54) is 6.21 Å². The van der Waals surface area contributed by atoms with Crippen molar-refractivity contribution in [3.63, 3.8) is 0 Å². The molecule has 2 saturated heterocycles. The summed E-state index contributed by atoms with van der Waals surface area (Å²) in [6.45, 7) is 9.19. The van der Waals surface area contributed by atoms with E-state index in [0.717, 1.165) is 48.4 Å². The number of carbonyl (C=O) groups is 2. The molecule has 9 nitrogen and oxygen atoms in total. The zero-order valence-corrected chi connectivity index (χ0v) is 21.2. The third-order valence-corrected chi connectivity index (χ3v) is 8.74. The largest absolute Gasteiger partial charge is 0.398 e. The van der Waals surface area contributed by atoms with Crippen molar-refractivity contribution in [3.8, 4) is 11.1 Å². The maximum atomic E-state index is 11.9. The average molecular weight is 498 g/mol. The second-order valence-electron chi connectivity index (χ2n) is 10.2. The molecule has 2 aromatic rings. The van der Waals surface area contributed by atoms with Gasteiger partial charge < -0.3 is 25.8 Å². The highest BCUT2D eigenvalue weighted by Crippen LogP contribution is 2.58. The minimum Gasteiger partial charge on any atom is -0.398 e. The summed E-state index contributed by atoms with van der Waals surface area (Å²) < 4.78 is 2.11. The first-order valence-corrected chi connectivity index (χ1v) is 12.5. The third-order valence-electron chi connectivity index (χ3n) is 8.43. The van der Waals surface area contributed by atoms with Crippen LogP contribution in [0.5, 0.6) is 0 Å². The van der Waals surface area contributed by atoms with Crippen molar-refractivity contribution in [1.29, 1.82) is 5.41 Å². The van der Waals surface area contributed by atoms with Gasteiger partial charge in [-0.15, -0.1) is 0 Å². The fraction of sp³-hybridized carbons (Fsp3) is 0.520. The number of rotatable bonds is 5. The number of carbonyl (C=O) groups excluding carboxylic acids is 2. The third kappa shape index (κ3) is 3.59. The highest BCUT2D eigenvalue weighted by molar-refractivity contribution is 6.34. The fourth-order valence-electron chi connectivity index (χ4n) is 6.15. The van der Waals surface area contributed by atoms with Crippen molar-refractivity contribution in [2.75, 3.05) is 43.4 Å². The molecule has 1 saturated carbocycles. The molecule has 1 unspecified atom stereocenters. The summed E-state index contributed by atoms with van der Waals surface area (Å²) in [5.41, 5.74) is 10.1. The number of nitrogens with two attached hydrogens (primary N) is 1. The van der Waals surface area contributed by atoms with Crippen LogP contribution in [0.3, 0.4) is 0 Å². The fourth-order valence-corrected chi connectivity index (χ4v) is 6.41. The molecule has 1 aliphatic carbocycles. The van der Waals surface area contributed by atoms with Crippen molar-refractivity contribution in [1.82, 2.24) is 19.6 Å². The number of hydrogen-bond acceptors (Lipinski definition) is 6. The van der Waals surface area contributed by atoms with Crippen molar-refractivity contribution < 1.29 is 9.59 Å². The molecule has 186 valence electrons. The number of halogens is 1. The predicted octanol–water partition coefficient (Wildman–Crippen LogP) is 2.94. The zero-order chi connectivity index (χ0) is 25.1. The molecule has 2 aliphatic heterocycles. The predicted molar refractivity (Wildman–Crippen MR) is 137 cm³/mol. The van der Waals surface area contributed by atoms with E-state index in [-0.39, 0.29) is 23.4 Å². The highest BCUT2D eigenvalue weighted by Gasteiger charge is 2.58. The number of likely N-dealkylation sites (tertiary alicyclic amines) is 1. The van der Waals surface area contributed by atoms with Gasteiger partial charge in [-0.25, -0.2) is 0 Å². The second kappa shape index (κ2) is 8.55. The van der Waals surface area contributed by atoms with E-state index < -0.39 is 0 Å². The number of hydrogen-bond donors (Lipinski definition) is 2. The summed E-state index contributed by atoms with van der Waals surface area (Å²) in [4.78, 5) is 29.0. The van der Waals surface area contributed by atoms with Gasteiger partial charge in [0.1, 0.15) is 0 Å². The Kier molecular flexibility index (Phi) is 5.78. The quantitative estimate of drug-likeness (QED) is 0.375. The summed E-state index contributed by atoms with van der Waals surface area (Å²) in [6.07, 6.45) is 4.15. The number of piperazine rings is 1. The molecule has 2 amide bonds. The first kappa shape index (κ1) is 23.7. The van der Waals surface area contributed by atoms with Gasteiger partial charge in [-0.05, 0) is 38.8 Å². The smallest absolute Gasteiger partial charge is 0.219 e. The topological polar surface area (TPSA) is 112 Å². The van der Waals surface area contributed by atoms with Gasteiger partial charge in [0.25, 0.3) is 0 Å². The zero-order valence-electron chi connectivity index (χ0n) is 20.4. The summed E-state index contributed by atoms with van der Waals surface area (Å²) in [7, 11) is 0. The minimum absolute atomic E-state index is 0.0790. The molecule has 3 fully saturated rings. The maximum absolute atomic E-state index is 11.9. The molecular weight excluding hydrogens is 466 g/mol. The number of amides is 2. The van der Waals surface area contributed by atoms with Gasteiger partial charge in [0, 0.05) is 90.4 Å². The van der Waals surface area contributed by atoms with E-state index in [1.807, 2.05) is 9.80 Å². The lowest BCUT2D eigenvalue weighted by Crippen LogP contribution is -2.67. The second-order valence-corrected chi connectivity index (χ2v) is 10.6. The van der Waals surface area contributed by atoms with E-state index in [2.05, 4.69) is 23.4 Å². The molecule has 35 heavy (non-hydrogen) atoms. The number of aromatic nitrogens is 2. The van der Waals surface area contributed by atoms with Gasteiger partial charge in [0.2, 0.25) is 12.3 Å². The molecule has 5 rings (SSSR count). The molecule has 3 N–H and O–H groups in total. The number of nitrogen functional groups attached to an aromatic ring is 1. The Hall–Kier alpha value is -3.07. The molecule has 1 spiro atoms. The van der Waals surface area contributed by atoms with Gasteiger partial charge in [-0.3, -0.25) is 14.3 Å². The monoisotopic (exact) mass is 497 g/mol. The van der Waals surface area contributed by atoms with Crippen molar-refractivity contribution in [2.45, 2.75) is 45.7 Å². The molecule has 1 aromatic carbocycles. The summed E-state index contributed by atoms with van der Waals surface area (Å²) in [6, 6.07) is 3.98. The molecule has 3 heterocycles. The van der Waals surface area contributed by atoms with E-state index in [9.17, 15) is 9.59 Å². The lowest BCUT2D eigenvalue weighted by Gasteiger charge is -2.62. The molecule has 0 bridgehead atoms. The summed E-state index contributed by atoms with van der Waals surface area (Å²) >= 11 is 6.72. The van der Waals surface area contributed by atoms with Crippen LogP contribution in [0.15, 0.2) is 12.1 Å². The minimum atomic E-state index is 0.0790. The number of anilines is 2. The van der Waals surface area contributed by atoms with Crippen molar-refractivity contribution in [3.05, 3.63) is 28.4 Å². The highest BCUT2D eigenvalue weighted by atomic mass is 35.5. The molecular formula is C25H32ClN7O2. The molecule has 0 radical (unpaired) electrons. The van der Waals surface area contributed by atoms with Crippen LogP contribution in [0.1, 0.15) is 44.0 Å². The average Bonchev–Trinajstić information content (AvgIpc) is 3.15. The SMILES string of the molecule is CC(=O)N1CCN(c2nn(C3CC4(C3)CN(C=O)C4C)c(C)c2-c2c(Cl)ccc(N)c2C=N)CC1. The molecule has 10 heteroatoms. The van der Waals surface area contributed by atoms with Crippen LogP contribution in [0, 0.1) is 17.7 Å². The van der Waals surface area contributed by atoms with E-state index in [4.69, 9.17) is 27.8 Å². The van der Waals surface area contributed by atoms with Crippen LogP contribution in [-0.4, -0.2) is 76.9 Å². The lowest BCUT2D eigenvalue weighted by molar-refractivity contribution is -0.159. The molecule has 1 aromatic heterocycles. The van der Waals surface area contributed by atoms with Crippen molar-refractivity contribution in [2.24, 2.45) is 5.41 Å². The Labute approximate surface area is 210 Å². The van der Waals surface area contributed by atoms with Crippen LogP contribution in [0.4, 0.5) is 11.5 Å². The van der Waals surface area contributed by atoms with E-state index >= 15 is 0 Å². The number of nitrogens with zero attached hydrogens (tertiary/aromatic N) is 5. The first-order chi connectivity index (χ1) is 16.7. The maximum Gasteiger partial charge on any atom is 0.219 e. The normalized spacial score (nSPS) is 25.9. The van der Waals surface area contributed by atoms with Gasteiger partial charge in [-0.2, -0.15) is 5.10 Å². The van der Waals surface area contributed by atoms with Gasteiger partial charge in [0.15, 0.2) is 5.82 Å². The van der Waals surface area contributed by atoms with Crippen LogP contribution < -0.4 is 10.6 Å². The number of nitrogens with one attached hydrogen (secondary N) is 1. The molecule has 1 atom stereocenters. The Morgan fingerprint density at radius 1 is 1.23 bits per heavy atom.